The molecule has 1 aliphatic carbocycles. The van der Waals surface area contributed by atoms with Gasteiger partial charge in [0.1, 0.15) is 5.75 Å². The number of rotatable bonds is 6. The second kappa shape index (κ2) is 5.83. The second-order valence-electron chi connectivity index (χ2n) is 5.97. The van der Waals surface area contributed by atoms with Crippen LogP contribution in [0.2, 0.25) is 0 Å². The van der Waals surface area contributed by atoms with Gasteiger partial charge in [0.15, 0.2) is 0 Å². The summed E-state index contributed by atoms with van der Waals surface area (Å²) in [5, 5.41) is 6.42. The fraction of sp³-hybridized carbons (Fsp3) is 0.562. The van der Waals surface area contributed by atoms with E-state index in [9.17, 15) is 4.79 Å². The van der Waals surface area contributed by atoms with E-state index in [0.717, 1.165) is 30.4 Å². The minimum absolute atomic E-state index is 0.0941. The molecule has 108 valence electrons. The van der Waals surface area contributed by atoms with Gasteiger partial charge in [0.25, 0.3) is 0 Å². The molecule has 0 radical (unpaired) electrons. The van der Waals surface area contributed by atoms with Crippen molar-refractivity contribution in [1.29, 1.82) is 0 Å². The third-order valence-electron chi connectivity index (χ3n) is 3.84. The quantitative estimate of drug-likeness (QED) is 0.837. The first-order chi connectivity index (χ1) is 9.70. The monoisotopic (exact) mass is 274 g/mol. The molecule has 0 aromatic heterocycles. The summed E-state index contributed by atoms with van der Waals surface area (Å²) in [6.45, 7) is 3.90. The molecular formula is C16H22N2O2. The van der Waals surface area contributed by atoms with Crippen LogP contribution in [0.5, 0.6) is 5.75 Å². The third kappa shape index (κ3) is 3.51. The van der Waals surface area contributed by atoms with E-state index in [1.807, 2.05) is 12.1 Å². The molecule has 0 saturated heterocycles. The number of carbonyl (C=O) groups excluding carboxylic acids is 1. The lowest BCUT2D eigenvalue weighted by atomic mass is 10.0. The van der Waals surface area contributed by atoms with Crippen LogP contribution in [0.25, 0.3) is 0 Å². The zero-order chi connectivity index (χ0) is 13.9. The molecule has 1 aliphatic heterocycles. The number of ether oxygens (including phenoxy) is 1. The molecule has 2 N–H and O–H groups in total. The topological polar surface area (TPSA) is 50.4 Å². The van der Waals surface area contributed by atoms with Crippen molar-refractivity contribution < 1.29 is 9.53 Å². The average molecular weight is 274 g/mol. The standard InChI is InChI=1S/C16H22N2O2/c1-11(9-17-13-4-5-13)10-20-14-6-2-12-3-7-16(19)18-15(12)8-14/h2,6,8,11,13,17H,3-5,7,9-10H2,1H3,(H,18,19). The molecule has 1 atom stereocenters. The maximum Gasteiger partial charge on any atom is 0.224 e. The SMILES string of the molecule is CC(CNC1CC1)COc1ccc2c(c1)NC(=O)CC2. The van der Waals surface area contributed by atoms with Crippen LogP contribution in [-0.2, 0) is 11.2 Å². The van der Waals surface area contributed by atoms with E-state index in [1.165, 1.54) is 18.4 Å². The molecule has 1 saturated carbocycles. The first-order valence-electron chi connectivity index (χ1n) is 7.49. The summed E-state index contributed by atoms with van der Waals surface area (Å²) in [5.41, 5.74) is 2.10. The maximum atomic E-state index is 11.4. The lowest BCUT2D eigenvalue weighted by molar-refractivity contribution is -0.116. The molecule has 4 nitrogen and oxygen atoms in total. The summed E-state index contributed by atoms with van der Waals surface area (Å²) in [5.74, 6) is 1.42. The van der Waals surface area contributed by atoms with Gasteiger partial charge in [-0.15, -0.1) is 0 Å². The number of hydrogen-bond acceptors (Lipinski definition) is 3. The van der Waals surface area contributed by atoms with Crippen LogP contribution in [0.4, 0.5) is 5.69 Å². The van der Waals surface area contributed by atoms with E-state index in [1.54, 1.807) is 0 Å². The Morgan fingerprint density at radius 1 is 1.40 bits per heavy atom. The molecular weight excluding hydrogens is 252 g/mol. The summed E-state index contributed by atoms with van der Waals surface area (Å²) in [7, 11) is 0. The van der Waals surface area contributed by atoms with Gasteiger partial charge in [-0.05, 0) is 30.9 Å². The Morgan fingerprint density at radius 3 is 3.05 bits per heavy atom. The van der Waals surface area contributed by atoms with Crippen molar-refractivity contribution in [3.63, 3.8) is 0 Å². The predicted octanol–water partition coefficient (Wildman–Crippen LogP) is 2.34. The lowest BCUT2D eigenvalue weighted by Crippen LogP contribution is -2.26. The van der Waals surface area contributed by atoms with Gasteiger partial charge >= 0.3 is 0 Å². The Kier molecular flexibility index (Phi) is 3.92. The highest BCUT2D eigenvalue weighted by Crippen LogP contribution is 2.27. The van der Waals surface area contributed by atoms with Gasteiger partial charge < -0.3 is 15.4 Å². The molecule has 1 aromatic carbocycles. The van der Waals surface area contributed by atoms with Crippen LogP contribution in [-0.4, -0.2) is 25.1 Å². The zero-order valence-corrected chi connectivity index (χ0v) is 11.9. The minimum Gasteiger partial charge on any atom is -0.493 e. The van der Waals surface area contributed by atoms with Crippen LogP contribution in [0, 0.1) is 5.92 Å². The van der Waals surface area contributed by atoms with E-state index in [2.05, 4.69) is 23.6 Å². The smallest absolute Gasteiger partial charge is 0.224 e. The van der Waals surface area contributed by atoms with Crippen LogP contribution >= 0.6 is 0 Å². The fourth-order valence-corrected chi connectivity index (χ4v) is 2.39. The van der Waals surface area contributed by atoms with Crippen LogP contribution in [0.15, 0.2) is 18.2 Å². The van der Waals surface area contributed by atoms with Crippen LogP contribution in [0.1, 0.15) is 31.7 Å². The average Bonchev–Trinajstić information content (AvgIpc) is 3.26. The van der Waals surface area contributed by atoms with Crippen LogP contribution < -0.4 is 15.4 Å². The minimum atomic E-state index is 0.0941. The van der Waals surface area contributed by atoms with Gasteiger partial charge in [-0.25, -0.2) is 0 Å². The van der Waals surface area contributed by atoms with Crippen molar-refractivity contribution in [3.8, 4) is 5.75 Å². The van der Waals surface area contributed by atoms with E-state index in [-0.39, 0.29) is 5.91 Å². The molecule has 3 rings (SSSR count). The lowest BCUT2D eigenvalue weighted by Gasteiger charge is -2.19. The third-order valence-corrected chi connectivity index (χ3v) is 3.84. The highest BCUT2D eigenvalue weighted by atomic mass is 16.5. The first kappa shape index (κ1) is 13.4. The van der Waals surface area contributed by atoms with E-state index in [0.29, 0.717) is 18.9 Å². The number of benzene rings is 1. The summed E-state index contributed by atoms with van der Waals surface area (Å²) in [4.78, 5) is 11.4. The molecule has 4 heteroatoms. The van der Waals surface area contributed by atoms with Crippen LogP contribution in [0.3, 0.4) is 0 Å². The van der Waals surface area contributed by atoms with Gasteiger partial charge in [0, 0.05) is 36.7 Å². The van der Waals surface area contributed by atoms with Gasteiger partial charge in [-0.2, -0.15) is 0 Å². The normalized spacial score (nSPS) is 19.1. The molecule has 20 heavy (non-hydrogen) atoms. The molecule has 1 amide bonds. The van der Waals surface area contributed by atoms with Crippen molar-refractivity contribution in [2.75, 3.05) is 18.5 Å². The van der Waals surface area contributed by atoms with Gasteiger partial charge in [0.2, 0.25) is 5.91 Å². The molecule has 1 unspecified atom stereocenters. The van der Waals surface area contributed by atoms with Gasteiger partial charge in [-0.3, -0.25) is 4.79 Å². The Hall–Kier alpha value is -1.55. The van der Waals surface area contributed by atoms with Crippen molar-refractivity contribution >= 4 is 11.6 Å². The fourth-order valence-electron chi connectivity index (χ4n) is 2.39. The Labute approximate surface area is 119 Å². The highest BCUT2D eigenvalue weighted by molar-refractivity contribution is 5.94. The van der Waals surface area contributed by atoms with Crippen molar-refractivity contribution in [2.24, 2.45) is 5.92 Å². The molecule has 2 aliphatic rings. The largest absolute Gasteiger partial charge is 0.493 e. The van der Waals surface area contributed by atoms with E-state index >= 15 is 0 Å². The van der Waals surface area contributed by atoms with Gasteiger partial charge in [-0.1, -0.05) is 13.0 Å². The molecule has 0 bridgehead atoms. The number of amides is 1. The van der Waals surface area contributed by atoms with E-state index < -0.39 is 0 Å². The number of aryl methyl sites for hydroxylation is 1. The molecule has 1 fully saturated rings. The number of nitrogens with one attached hydrogen (secondary N) is 2. The van der Waals surface area contributed by atoms with Crippen molar-refractivity contribution in [2.45, 2.75) is 38.6 Å². The van der Waals surface area contributed by atoms with Crippen molar-refractivity contribution in [3.05, 3.63) is 23.8 Å². The second-order valence-corrected chi connectivity index (χ2v) is 5.97. The summed E-state index contributed by atoms with van der Waals surface area (Å²) in [6.07, 6.45) is 4.04. The Morgan fingerprint density at radius 2 is 2.25 bits per heavy atom. The van der Waals surface area contributed by atoms with E-state index in [4.69, 9.17) is 4.74 Å². The molecule has 1 aromatic rings. The Balaban J connectivity index is 1.51. The molecule has 1 heterocycles. The maximum absolute atomic E-state index is 11.4. The number of hydrogen-bond donors (Lipinski definition) is 2. The highest BCUT2D eigenvalue weighted by Gasteiger charge is 2.21. The number of anilines is 1. The predicted molar refractivity (Wildman–Crippen MR) is 79.1 cm³/mol. The summed E-state index contributed by atoms with van der Waals surface area (Å²) < 4.78 is 5.83. The first-order valence-corrected chi connectivity index (χ1v) is 7.49. The molecule has 0 spiro atoms. The Bertz CT molecular complexity index is 497. The summed E-state index contributed by atoms with van der Waals surface area (Å²) in [6, 6.07) is 6.73. The van der Waals surface area contributed by atoms with Gasteiger partial charge in [0.05, 0.1) is 6.61 Å². The van der Waals surface area contributed by atoms with Crippen molar-refractivity contribution in [1.82, 2.24) is 5.32 Å². The number of fused-ring (bicyclic) bond motifs is 1. The summed E-state index contributed by atoms with van der Waals surface area (Å²) >= 11 is 0. The zero-order valence-electron chi connectivity index (χ0n) is 11.9. The number of carbonyl (C=O) groups is 1.